The second kappa shape index (κ2) is 5.67. The fraction of sp³-hybridized carbons (Fsp3) is 0.0667. The van der Waals surface area contributed by atoms with Crippen LogP contribution in [0.5, 0.6) is 5.75 Å². The first-order valence-electron chi connectivity index (χ1n) is 5.80. The van der Waals surface area contributed by atoms with Gasteiger partial charge in [-0.05, 0) is 30.3 Å². The zero-order valence-corrected chi connectivity index (χ0v) is 10.5. The molecular weight excluding hydrogens is 283 g/mol. The number of hydrogen-bond acceptors (Lipinski definition) is 3. The molecule has 0 N–H and O–H groups in total. The largest absolute Gasteiger partial charge is 0.422 e. The number of benzene rings is 2. The third kappa shape index (κ3) is 3.39. The van der Waals surface area contributed by atoms with Gasteiger partial charge in [0.25, 0.3) is 0 Å². The number of nitriles is 1. The van der Waals surface area contributed by atoms with Crippen LogP contribution in [-0.4, -0.2) is 5.97 Å². The summed E-state index contributed by atoms with van der Waals surface area (Å²) in [5.41, 5.74) is -0.811. The van der Waals surface area contributed by atoms with Gasteiger partial charge < -0.3 is 4.74 Å². The van der Waals surface area contributed by atoms with E-state index in [1.807, 2.05) is 6.07 Å². The highest BCUT2D eigenvalue weighted by Crippen LogP contribution is 2.36. The molecule has 0 saturated carbocycles. The van der Waals surface area contributed by atoms with Gasteiger partial charge in [0.05, 0.1) is 22.8 Å². The number of nitrogens with zero attached hydrogens (tertiary/aromatic N) is 1. The lowest BCUT2D eigenvalue weighted by atomic mass is 10.1. The molecule has 2 rings (SSSR count). The summed E-state index contributed by atoms with van der Waals surface area (Å²) in [4.78, 5) is 11.9. The Morgan fingerprint density at radius 2 is 1.81 bits per heavy atom. The summed E-state index contributed by atoms with van der Waals surface area (Å²) >= 11 is 0. The van der Waals surface area contributed by atoms with Gasteiger partial charge in [0.2, 0.25) is 0 Å². The van der Waals surface area contributed by atoms with Crippen molar-refractivity contribution in [2.75, 3.05) is 0 Å². The average Bonchev–Trinajstić information content (AvgIpc) is 2.46. The van der Waals surface area contributed by atoms with Crippen LogP contribution in [0, 0.1) is 11.3 Å². The summed E-state index contributed by atoms with van der Waals surface area (Å²) in [7, 11) is 0. The van der Waals surface area contributed by atoms with Gasteiger partial charge in [-0.25, -0.2) is 4.79 Å². The third-order valence-electron chi connectivity index (χ3n) is 2.62. The molecule has 2 aromatic carbocycles. The number of ether oxygens (including phenoxy) is 1. The van der Waals surface area contributed by atoms with Crippen LogP contribution in [0.25, 0.3) is 0 Å². The van der Waals surface area contributed by atoms with Gasteiger partial charge in [-0.2, -0.15) is 18.4 Å². The Hall–Kier alpha value is -2.81. The Labute approximate surface area is 118 Å². The molecule has 0 amide bonds. The van der Waals surface area contributed by atoms with Crippen molar-refractivity contribution in [3.8, 4) is 11.8 Å². The highest BCUT2D eigenvalue weighted by Gasteiger charge is 2.34. The molecule has 3 nitrogen and oxygen atoms in total. The van der Waals surface area contributed by atoms with Crippen molar-refractivity contribution in [3.63, 3.8) is 0 Å². The molecule has 0 unspecified atom stereocenters. The molecule has 0 atom stereocenters. The van der Waals surface area contributed by atoms with Crippen molar-refractivity contribution in [3.05, 3.63) is 65.2 Å². The molecule has 0 bridgehead atoms. The van der Waals surface area contributed by atoms with E-state index in [0.717, 1.165) is 12.1 Å². The van der Waals surface area contributed by atoms with Crippen LogP contribution < -0.4 is 4.74 Å². The monoisotopic (exact) mass is 291 g/mol. The number of carbonyl (C=O) groups is 1. The van der Waals surface area contributed by atoms with Crippen molar-refractivity contribution < 1.29 is 22.7 Å². The molecule has 0 radical (unpaired) electrons. The third-order valence-corrected chi connectivity index (χ3v) is 2.62. The maximum absolute atomic E-state index is 12.8. The van der Waals surface area contributed by atoms with Crippen LogP contribution in [0.1, 0.15) is 21.5 Å². The summed E-state index contributed by atoms with van der Waals surface area (Å²) < 4.78 is 43.1. The molecule has 0 saturated heterocycles. The van der Waals surface area contributed by atoms with Crippen LogP contribution in [0.2, 0.25) is 0 Å². The zero-order valence-electron chi connectivity index (χ0n) is 10.5. The molecule has 0 aromatic heterocycles. The quantitative estimate of drug-likeness (QED) is 0.624. The first-order chi connectivity index (χ1) is 9.91. The Bertz CT molecular complexity index is 717. The Morgan fingerprint density at radius 3 is 2.48 bits per heavy atom. The first-order valence-corrected chi connectivity index (χ1v) is 5.80. The van der Waals surface area contributed by atoms with E-state index in [1.165, 1.54) is 36.4 Å². The minimum Gasteiger partial charge on any atom is -0.422 e. The molecule has 0 aliphatic rings. The van der Waals surface area contributed by atoms with Gasteiger partial charge in [-0.1, -0.05) is 18.2 Å². The molecule has 0 aliphatic carbocycles. The van der Waals surface area contributed by atoms with Gasteiger partial charge in [-0.15, -0.1) is 0 Å². The van der Waals surface area contributed by atoms with E-state index >= 15 is 0 Å². The molecule has 0 aliphatic heterocycles. The number of esters is 1. The second-order valence-corrected chi connectivity index (χ2v) is 4.08. The molecular formula is C15H8F3NO2. The fourth-order valence-electron chi connectivity index (χ4n) is 1.66. The summed E-state index contributed by atoms with van der Waals surface area (Å²) in [6, 6.07) is 11.8. The molecule has 0 fully saturated rings. The smallest absolute Gasteiger partial charge is 0.419 e. The van der Waals surface area contributed by atoms with Gasteiger partial charge in [0, 0.05) is 0 Å². The van der Waals surface area contributed by atoms with E-state index < -0.39 is 23.5 Å². The van der Waals surface area contributed by atoms with Gasteiger partial charge in [0.15, 0.2) is 0 Å². The molecule has 21 heavy (non-hydrogen) atoms. The van der Waals surface area contributed by atoms with Gasteiger partial charge >= 0.3 is 12.1 Å². The maximum Gasteiger partial charge on any atom is 0.419 e. The topological polar surface area (TPSA) is 50.1 Å². The minimum absolute atomic E-state index is 0.00558. The lowest BCUT2D eigenvalue weighted by molar-refractivity contribution is -0.138. The number of hydrogen-bond donors (Lipinski definition) is 0. The highest BCUT2D eigenvalue weighted by molar-refractivity contribution is 5.91. The first kappa shape index (κ1) is 14.6. The molecule has 6 heteroatoms. The van der Waals surface area contributed by atoms with E-state index in [1.54, 1.807) is 0 Å². The standard InChI is InChI=1S/C15H8F3NO2/c16-15(17,18)12-6-1-2-7-13(12)21-14(20)11-5-3-4-10(8-11)9-19/h1-8H. The van der Waals surface area contributed by atoms with Gasteiger partial charge in [-0.3, -0.25) is 0 Å². The second-order valence-electron chi connectivity index (χ2n) is 4.08. The summed E-state index contributed by atoms with van der Waals surface area (Å²) in [6.45, 7) is 0. The maximum atomic E-state index is 12.8. The van der Waals surface area contributed by atoms with Crippen molar-refractivity contribution in [1.82, 2.24) is 0 Å². The normalized spacial score (nSPS) is 10.8. The van der Waals surface area contributed by atoms with Crippen LogP contribution >= 0.6 is 0 Å². The van der Waals surface area contributed by atoms with E-state index in [4.69, 9.17) is 10.00 Å². The van der Waals surface area contributed by atoms with Crippen molar-refractivity contribution in [1.29, 1.82) is 5.26 Å². The number of rotatable bonds is 2. The molecule has 2 aromatic rings. The lowest BCUT2D eigenvalue weighted by Gasteiger charge is -2.12. The fourth-order valence-corrected chi connectivity index (χ4v) is 1.66. The van der Waals surface area contributed by atoms with Crippen LogP contribution in [-0.2, 0) is 6.18 Å². The lowest BCUT2D eigenvalue weighted by Crippen LogP contribution is -2.13. The van der Waals surface area contributed by atoms with Crippen molar-refractivity contribution in [2.45, 2.75) is 6.18 Å². The zero-order chi connectivity index (χ0) is 15.5. The van der Waals surface area contributed by atoms with Crippen LogP contribution in [0.3, 0.4) is 0 Å². The Balaban J connectivity index is 2.30. The van der Waals surface area contributed by atoms with Crippen molar-refractivity contribution >= 4 is 5.97 Å². The summed E-state index contributed by atoms with van der Waals surface area (Å²) in [5, 5.41) is 8.73. The van der Waals surface area contributed by atoms with E-state index in [0.29, 0.717) is 0 Å². The molecule has 106 valence electrons. The van der Waals surface area contributed by atoms with E-state index in [9.17, 15) is 18.0 Å². The van der Waals surface area contributed by atoms with Crippen LogP contribution in [0.15, 0.2) is 48.5 Å². The molecule has 0 spiro atoms. The SMILES string of the molecule is N#Cc1cccc(C(=O)Oc2ccccc2C(F)(F)F)c1. The van der Waals surface area contributed by atoms with Gasteiger partial charge in [0.1, 0.15) is 5.75 Å². The summed E-state index contributed by atoms with van der Waals surface area (Å²) in [5.74, 6) is -1.53. The predicted molar refractivity (Wildman–Crippen MR) is 67.6 cm³/mol. The predicted octanol–water partition coefficient (Wildman–Crippen LogP) is 3.80. The Morgan fingerprint density at radius 1 is 1.10 bits per heavy atom. The van der Waals surface area contributed by atoms with Crippen LogP contribution in [0.4, 0.5) is 13.2 Å². The average molecular weight is 291 g/mol. The van der Waals surface area contributed by atoms with Crippen molar-refractivity contribution in [2.24, 2.45) is 0 Å². The highest BCUT2D eigenvalue weighted by atomic mass is 19.4. The van der Waals surface area contributed by atoms with E-state index in [-0.39, 0.29) is 11.1 Å². The number of carbonyl (C=O) groups excluding carboxylic acids is 1. The minimum atomic E-state index is -4.62. The number of alkyl halides is 3. The van der Waals surface area contributed by atoms with E-state index in [2.05, 4.69) is 0 Å². The summed E-state index contributed by atoms with van der Waals surface area (Å²) in [6.07, 6.45) is -4.62. The molecule has 0 heterocycles. The number of para-hydroxylation sites is 1. The number of halogens is 3. The Kier molecular flexibility index (Phi) is 3.94.